The summed E-state index contributed by atoms with van der Waals surface area (Å²) in [6, 6.07) is 17.2. The van der Waals surface area contributed by atoms with Crippen LogP contribution in [0.1, 0.15) is 41.6 Å². The number of rotatable bonds is 3. The molecule has 3 nitrogen and oxygen atoms in total. The zero-order valence-corrected chi connectivity index (χ0v) is 19.1. The monoisotopic (exact) mass is 420 g/mol. The fraction of sp³-hybridized carbons (Fsp3) is 0.462. The lowest BCUT2D eigenvalue weighted by molar-refractivity contribution is -0.0717. The first-order valence-electron chi connectivity index (χ1n) is 11.1. The van der Waals surface area contributed by atoms with Crippen molar-refractivity contribution in [3.63, 3.8) is 0 Å². The molecular formula is C26H32N2OS. The third-order valence-electron chi connectivity index (χ3n) is 7.36. The van der Waals surface area contributed by atoms with Crippen LogP contribution in [0.5, 0.6) is 0 Å². The number of para-hydroxylation sites is 1. The first-order valence-corrected chi connectivity index (χ1v) is 12.1. The molecule has 3 atom stereocenters. The summed E-state index contributed by atoms with van der Waals surface area (Å²) in [5.41, 5.74) is 5.73. The minimum absolute atomic E-state index is 0.0716. The Balaban J connectivity index is 1.59. The zero-order valence-electron chi connectivity index (χ0n) is 18.2. The van der Waals surface area contributed by atoms with Crippen molar-refractivity contribution in [2.24, 2.45) is 5.92 Å². The number of aliphatic hydroxyl groups is 1. The smallest absolute Gasteiger partial charge is 0.0940 e. The molecule has 1 aromatic heterocycles. The second-order valence-electron chi connectivity index (χ2n) is 9.52. The Hall–Kier alpha value is -1.75. The topological polar surface area (TPSA) is 39.3 Å². The minimum atomic E-state index is -0.773. The fourth-order valence-electron chi connectivity index (χ4n) is 5.96. The van der Waals surface area contributed by atoms with E-state index in [1.54, 1.807) is 0 Å². The Morgan fingerprint density at radius 1 is 1.10 bits per heavy atom. The maximum atomic E-state index is 12.1. The van der Waals surface area contributed by atoms with Crippen LogP contribution in [0.25, 0.3) is 10.9 Å². The predicted molar refractivity (Wildman–Crippen MR) is 127 cm³/mol. The molecule has 0 amide bonds. The van der Waals surface area contributed by atoms with Crippen LogP contribution in [0.15, 0.2) is 48.5 Å². The van der Waals surface area contributed by atoms with Gasteiger partial charge in [-0.05, 0) is 75.2 Å². The van der Waals surface area contributed by atoms with E-state index >= 15 is 0 Å². The van der Waals surface area contributed by atoms with E-state index in [0.29, 0.717) is 0 Å². The molecule has 1 spiro atoms. The number of H-pyrrole nitrogens is 1. The molecular weight excluding hydrogens is 388 g/mol. The molecule has 5 rings (SSSR count). The van der Waals surface area contributed by atoms with Crippen LogP contribution < -0.4 is 0 Å². The van der Waals surface area contributed by atoms with Crippen molar-refractivity contribution >= 4 is 22.7 Å². The van der Waals surface area contributed by atoms with Crippen LogP contribution in [-0.4, -0.2) is 41.4 Å². The van der Waals surface area contributed by atoms with Gasteiger partial charge in [-0.1, -0.05) is 42.5 Å². The van der Waals surface area contributed by atoms with Crippen LogP contribution in [0.3, 0.4) is 0 Å². The number of hydrogen-bond acceptors (Lipinski definition) is 3. The van der Waals surface area contributed by atoms with Gasteiger partial charge in [0.15, 0.2) is 0 Å². The molecule has 30 heavy (non-hydrogen) atoms. The van der Waals surface area contributed by atoms with E-state index in [2.05, 4.69) is 91.2 Å². The van der Waals surface area contributed by atoms with Crippen molar-refractivity contribution < 1.29 is 5.11 Å². The molecule has 2 heterocycles. The largest absolute Gasteiger partial charge is 0.385 e. The Labute approximate surface area is 183 Å². The number of hydrogen-bond donors (Lipinski definition) is 2. The molecule has 1 aliphatic heterocycles. The van der Waals surface area contributed by atoms with Crippen LogP contribution >= 0.6 is 11.8 Å². The summed E-state index contributed by atoms with van der Waals surface area (Å²) in [7, 11) is 4.25. The van der Waals surface area contributed by atoms with Crippen LogP contribution in [-0.2, 0) is 16.8 Å². The van der Waals surface area contributed by atoms with Crippen molar-refractivity contribution in [3.8, 4) is 0 Å². The molecule has 0 saturated heterocycles. The average molecular weight is 421 g/mol. The Kier molecular flexibility index (Phi) is 5.00. The van der Waals surface area contributed by atoms with Crippen molar-refractivity contribution in [1.29, 1.82) is 0 Å². The second-order valence-corrected chi connectivity index (χ2v) is 11.0. The van der Waals surface area contributed by atoms with Crippen molar-refractivity contribution in [2.75, 3.05) is 26.4 Å². The third kappa shape index (κ3) is 3.12. The van der Waals surface area contributed by atoms with Crippen LogP contribution in [0.2, 0.25) is 0 Å². The molecule has 1 fully saturated rings. The number of nitrogens with zero attached hydrogens (tertiary/aromatic N) is 1. The summed E-state index contributed by atoms with van der Waals surface area (Å²) in [6.45, 7) is 3.03. The third-order valence-corrected chi connectivity index (χ3v) is 8.89. The Morgan fingerprint density at radius 3 is 2.67 bits per heavy atom. The summed E-state index contributed by atoms with van der Waals surface area (Å²) >= 11 is 2.11. The fourth-order valence-corrected chi connectivity index (χ4v) is 7.54. The molecule has 0 radical (unpaired) electrons. The van der Waals surface area contributed by atoms with Crippen LogP contribution in [0.4, 0.5) is 0 Å². The number of aryl methyl sites for hydroxylation is 2. The first kappa shape index (κ1) is 20.2. The van der Waals surface area contributed by atoms with E-state index in [0.717, 1.165) is 43.5 Å². The Morgan fingerprint density at radius 2 is 1.87 bits per heavy atom. The van der Waals surface area contributed by atoms with Gasteiger partial charge in [-0.15, -0.1) is 11.8 Å². The summed E-state index contributed by atoms with van der Waals surface area (Å²) in [4.78, 5) is 6.06. The molecule has 2 aliphatic rings. The standard InChI is InChI=1S/C26H32N2OS/c1-18-8-4-6-10-22(18)26(29)14-13-25(16-19(26)17-28(2)3)24-21(12-15-30-25)20-9-5-7-11-23(20)27-24/h4-11,19,27,29H,12-17H2,1-3H3. The summed E-state index contributed by atoms with van der Waals surface area (Å²) in [6.07, 6.45) is 3.94. The van der Waals surface area contributed by atoms with Gasteiger partial charge in [0.25, 0.3) is 0 Å². The molecule has 0 bridgehead atoms. The second kappa shape index (κ2) is 7.44. The van der Waals surface area contributed by atoms with Gasteiger partial charge >= 0.3 is 0 Å². The maximum Gasteiger partial charge on any atom is 0.0940 e. The molecule has 1 aliphatic carbocycles. The lowest BCUT2D eigenvalue weighted by Crippen LogP contribution is -2.50. The van der Waals surface area contributed by atoms with Gasteiger partial charge in [-0.25, -0.2) is 0 Å². The van der Waals surface area contributed by atoms with Gasteiger partial charge in [-0.2, -0.15) is 0 Å². The van der Waals surface area contributed by atoms with Gasteiger partial charge in [0, 0.05) is 29.1 Å². The molecule has 2 N–H and O–H groups in total. The van der Waals surface area contributed by atoms with Gasteiger partial charge in [0.2, 0.25) is 0 Å². The Bertz CT molecular complexity index is 1070. The number of benzene rings is 2. The number of aromatic amines is 1. The van der Waals surface area contributed by atoms with E-state index < -0.39 is 5.60 Å². The number of aromatic nitrogens is 1. The molecule has 3 aromatic rings. The highest BCUT2D eigenvalue weighted by Gasteiger charge is 2.52. The molecule has 3 unspecified atom stereocenters. The van der Waals surface area contributed by atoms with Gasteiger partial charge < -0.3 is 15.0 Å². The highest BCUT2D eigenvalue weighted by molar-refractivity contribution is 8.00. The van der Waals surface area contributed by atoms with E-state index in [4.69, 9.17) is 0 Å². The lowest BCUT2D eigenvalue weighted by Gasteiger charge is -2.51. The molecule has 2 aromatic carbocycles. The van der Waals surface area contributed by atoms with Crippen molar-refractivity contribution in [1.82, 2.24) is 9.88 Å². The van der Waals surface area contributed by atoms with E-state index in [9.17, 15) is 5.11 Å². The summed E-state index contributed by atoms with van der Waals surface area (Å²) in [5, 5.41) is 13.5. The summed E-state index contributed by atoms with van der Waals surface area (Å²) < 4.78 is 0.0716. The average Bonchev–Trinajstić information content (AvgIpc) is 3.11. The maximum absolute atomic E-state index is 12.1. The lowest BCUT2D eigenvalue weighted by atomic mass is 9.65. The van der Waals surface area contributed by atoms with Gasteiger partial charge in [0.1, 0.15) is 0 Å². The molecule has 1 saturated carbocycles. The van der Waals surface area contributed by atoms with Gasteiger partial charge in [0.05, 0.1) is 10.3 Å². The molecule has 4 heteroatoms. The van der Waals surface area contributed by atoms with E-state index in [-0.39, 0.29) is 10.7 Å². The van der Waals surface area contributed by atoms with E-state index in [1.807, 2.05) is 0 Å². The van der Waals surface area contributed by atoms with Crippen molar-refractivity contribution in [3.05, 3.63) is 70.9 Å². The number of thioether (sulfide) groups is 1. The predicted octanol–water partition coefficient (Wildman–Crippen LogP) is 5.21. The van der Waals surface area contributed by atoms with Gasteiger partial charge in [-0.3, -0.25) is 0 Å². The zero-order chi connectivity index (χ0) is 20.9. The highest BCUT2D eigenvalue weighted by Crippen LogP contribution is 2.58. The first-order chi connectivity index (χ1) is 14.4. The molecule has 158 valence electrons. The van der Waals surface area contributed by atoms with Crippen LogP contribution in [0, 0.1) is 12.8 Å². The van der Waals surface area contributed by atoms with E-state index in [1.165, 1.54) is 27.7 Å². The minimum Gasteiger partial charge on any atom is -0.385 e. The highest BCUT2D eigenvalue weighted by atomic mass is 32.2. The summed E-state index contributed by atoms with van der Waals surface area (Å²) in [5.74, 6) is 1.35. The number of nitrogens with one attached hydrogen (secondary N) is 1. The normalized spacial score (nSPS) is 28.9. The van der Waals surface area contributed by atoms with Crippen molar-refractivity contribution in [2.45, 2.75) is 43.0 Å². The number of fused-ring (bicyclic) bond motifs is 4. The quantitative estimate of drug-likeness (QED) is 0.611. The SMILES string of the molecule is Cc1ccccc1C1(O)CCC2(CC1CN(C)C)SCCc1c2[nH]c2ccccc12.